The normalized spacial score (nSPS) is 10.8. The first-order valence-electron chi connectivity index (χ1n) is 6.92. The van der Waals surface area contributed by atoms with E-state index in [1.165, 1.54) is 0 Å². The van der Waals surface area contributed by atoms with Crippen LogP contribution in [0.25, 0.3) is 11.0 Å². The number of carbonyl (C=O) groups is 1. The molecule has 5 nitrogen and oxygen atoms in total. The molecule has 22 heavy (non-hydrogen) atoms. The summed E-state index contributed by atoms with van der Waals surface area (Å²) >= 11 is 6.19. The maximum Gasteiger partial charge on any atom is 0.359 e. The standard InChI is InChI=1S/C16H14ClN3O2/c1-2-22-16(21)14-12-7-5-9-18-15(12)20(19-14)10-11-6-3-4-8-13(11)17/h3-9H,2,10H2,1H3. The predicted molar refractivity (Wildman–Crippen MR) is 84.0 cm³/mol. The Bertz CT molecular complexity index is 829. The topological polar surface area (TPSA) is 57.0 Å². The molecule has 0 aliphatic heterocycles. The summed E-state index contributed by atoms with van der Waals surface area (Å²) in [6, 6.07) is 11.1. The molecule has 6 heteroatoms. The summed E-state index contributed by atoms with van der Waals surface area (Å²) in [5.74, 6) is -0.446. The zero-order chi connectivity index (χ0) is 15.5. The predicted octanol–water partition coefficient (Wildman–Crippen LogP) is 3.31. The summed E-state index contributed by atoms with van der Waals surface area (Å²) in [6.07, 6.45) is 1.67. The summed E-state index contributed by atoms with van der Waals surface area (Å²) in [4.78, 5) is 16.4. The molecule has 2 heterocycles. The summed E-state index contributed by atoms with van der Waals surface area (Å²) in [6.45, 7) is 2.50. The van der Waals surface area contributed by atoms with Gasteiger partial charge in [0.1, 0.15) is 0 Å². The molecule has 0 radical (unpaired) electrons. The molecule has 0 bridgehead atoms. The van der Waals surface area contributed by atoms with Crippen molar-refractivity contribution < 1.29 is 9.53 Å². The molecule has 0 aliphatic carbocycles. The minimum Gasteiger partial charge on any atom is -0.461 e. The highest BCUT2D eigenvalue weighted by Crippen LogP contribution is 2.21. The lowest BCUT2D eigenvalue weighted by atomic mass is 10.2. The molecule has 0 spiro atoms. The molecule has 0 aliphatic rings. The minimum absolute atomic E-state index is 0.275. The van der Waals surface area contributed by atoms with Crippen LogP contribution in [0.15, 0.2) is 42.6 Å². The molecular weight excluding hydrogens is 302 g/mol. The number of ether oxygens (including phenoxy) is 1. The van der Waals surface area contributed by atoms with E-state index < -0.39 is 5.97 Å². The van der Waals surface area contributed by atoms with Crippen LogP contribution in [0.3, 0.4) is 0 Å². The average molecular weight is 316 g/mol. The number of benzene rings is 1. The first-order valence-corrected chi connectivity index (χ1v) is 7.30. The zero-order valence-electron chi connectivity index (χ0n) is 12.0. The van der Waals surface area contributed by atoms with Crippen molar-refractivity contribution in [3.8, 4) is 0 Å². The van der Waals surface area contributed by atoms with Gasteiger partial charge >= 0.3 is 5.97 Å². The molecule has 0 amide bonds. The van der Waals surface area contributed by atoms with E-state index in [4.69, 9.17) is 16.3 Å². The first kappa shape index (κ1) is 14.5. The molecule has 0 N–H and O–H groups in total. The smallest absolute Gasteiger partial charge is 0.359 e. The number of hydrogen-bond donors (Lipinski definition) is 0. The van der Waals surface area contributed by atoms with Crippen molar-refractivity contribution in [2.45, 2.75) is 13.5 Å². The van der Waals surface area contributed by atoms with Crippen LogP contribution >= 0.6 is 11.6 Å². The number of esters is 1. The number of fused-ring (bicyclic) bond motifs is 1. The molecule has 0 atom stereocenters. The molecule has 1 aromatic carbocycles. The van der Waals surface area contributed by atoms with E-state index in [1.54, 1.807) is 23.9 Å². The van der Waals surface area contributed by atoms with E-state index in [2.05, 4.69) is 10.1 Å². The van der Waals surface area contributed by atoms with Crippen molar-refractivity contribution in [2.24, 2.45) is 0 Å². The largest absolute Gasteiger partial charge is 0.461 e. The van der Waals surface area contributed by atoms with Gasteiger partial charge in [-0.3, -0.25) is 0 Å². The number of carbonyl (C=O) groups excluding carboxylic acids is 1. The number of pyridine rings is 1. The van der Waals surface area contributed by atoms with Crippen LogP contribution in [0.4, 0.5) is 0 Å². The first-order chi connectivity index (χ1) is 10.7. The highest BCUT2D eigenvalue weighted by atomic mass is 35.5. The van der Waals surface area contributed by atoms with Gasteiger partial charge in [-0.25, -0.2) is 14.5 Å². The molecular formula is C16H14ClN3O2. The molecule has 0 unspecified atom stereocenters. The van der Waals surface area contributed by atoms with E-state index in [0.717, 1.165) is 5.56 Å². The number of halogens is 1. The van der Waals surface area contributed by atoms with Gasteiger partial charge in [0.2, 0.25) is 0 Å². The van der Waals surface area contributed by atoms with Crippen molar-refractivity contribution in [1.29, 1.82) is 0 Å². The Balaban J connectivity index is 2.07. The fourth-order valence-electron chi connectivity index (χ4n) is 2.26. The van der Waals surface area contributed by atoms with Gasteiger partial charge in [0, 0.05) is 11.2 Å². The lowest BCUT2D eigenvalue weighted by Gasteiger charge is -2.05. The molecule has 0 saturated heterocycles. The Labute approximate surface area is 132 Å². The quantitative estimate of drug-likeness (QED) is 0.693. The van der Waals surface area contributed by atoms with E-state index in [9.17, 15) is 4.79 Å². The third-order valence-corrected chi connectivity index (χ3v) is 3.62. The van der Waals surface area contributed by atoms with Gasteiger partial charge in [-0.05, 0) is 30.7 Å². The lowest BCUT2D eigenvalue weighted by Crippen LogP contribution is -2.08. The van der Waals surface area contributed by atoms with Crippen LogP contribution in [0, 0.1) is 0 Å². The second kappa shape index (κ2) is 6.15. The van der Waals surface area contributed by atoms with E-state index in [-0.39, 0.29) is 5.69 Å². The van der Waals surface area contributed by atoms with E-state index in [0.29, 0.717) is 29.2 Å². The van der Waals surface area contributed by atoms with Crippen LogP contribution in [0.1, 0.15) is 23.0 Å². The fourth-order valence-corrected chi connectivity index (χ4v) is 2.45. The van der Waals surface area contributed by atoms with Gasteiger partial charge in [0.05, 0.1) is 18.5 Å². The summed E-state index contributed by atoms with van der Waals surface area (Å²) in [7, 11) is 0. The van der Waals surface area contributed by atoms with Gasteiger partial charge in [0.25, 0.3) is 0 Å². The minimum atomic E-state index is -0.446. The van der Waals surface area contributed by atoms with Crippen molar-refractivity contribution in [3.05, 3.63) is 58.9 Å². The third-order valence-electron chi connectivity index (χ3n) is 3.25. The second-order valence-electron chi connectivity index (χ2n) is 4.69. The SMILES string of the molecule is CCOC(=O)c1nn(Cc2ccccc2Cl)c2ncccc12. The third kappa shape index (κ3) is 2.67. The Kier molecular flexibility index (Phi) is 4.06. The Hall–Kier alpha value is -2.40. The average Bonchev–Trinajstić information content (AvgIpc) is 2.89. The number of aromatic nitrogens is 3. The van der Waals surface area contributed by atoms with Crippen molar-refractivity contribution in [2.75, 3.05) is 6.61 Å². The van der Waals surface area contributed by atoms with Crippen molar-refractivity contribution in [3.63, 3.8) is 0 Å². The van der Waals surface area contributed by atoms with Gasteiger partial charge in [-0.15, -0.1) is 0 Å². The van der Waals surface area contributed by atoms with E-state index in [1.807, 2.05) is 30.3 Å². The summed E-state index contributed by atoms with van der Waals surface area (Å²) in [5.41, 5.74) is 1.82. The van der Waals surface area contributed by atoms with Crippen molar-refractivity contribution >= 4 is 28.6 Å². The van der Waals surface area contributed by atoms with Crippen LogP contribution in [0.5, 0.6) is 0 Å². The summed E-state index contributed by atoms with van der Waals surface area (Å²) in [5, 5.41) is 5.69. The van der Waals surface area contributed by atoms with Crippen LogP contribution in [-0.4, -0.2) is 27.3 Å². The Morgan fingerprint density at radius 1 is 1.27 bits per heavy atom. The van der Waals surface area contributed by atoms with Crippen LogP contribution < -0.4 is 0 Å². The zero-order valence-corrected chi connectivity index (χ0v) is 12.7. The molecule has 0 saturated carbocycles. The van der Waals surface area contributed by atoms with Gasteiger partial charge in [0.15, 0.2) is 11.3 Å². The lowest BCUT2D eigenvalue weighted by molar-refractivity contribution is 0.0520. The molecule has 3 aromatic rings. The monoisotopic (exact) mass is 315 g/mol. The number of hydrogen-bond acceptors (Lipinski definition) is 4. The fraction of sp³-hybridized carbons (Fsp3) is 0.188. The van der Waals surface area contributed by atoms with Gasteiger partial charge in [-0.2, -0.15) is 5.10 Å². The van der Waals surface area contributed by atoms with Crippen LogP contribution in [0.2, 0.25) is 5.02 Å². The molecule has 112 valence electrons. The molecule has 3 rings (SSSR count). The molecule has 2 aromatic heterocycles. The Morgan fingerprint density at radius 3 is 2.86 bits per heavy atom. The Morgan fingerprint density at radius 2 is 2.09 bits per heavy atom. The van der Waals surface area contributed by atoms with Gasteiger partial charge < -0.3 is 4.74 Å². The van der Waals surface area contributed by atoms with Crippen LogP contribution in [-0.2, 0) is 11.3 Å². The number of rotatable bonds is 4. The van der Waals surface area contributed by atoms with Gasteiger partial charge in [-0.1, -0.05) is 29.8 Å². The highest BCUT2D eigenvalue weighted by Gasteiger charge is 2.19. The highest BCUT2D eigenvalue weighted by molar-refractivity contribution is 6.31. The second-order valence-corrected chi connectivity index (χ2v) is 5.10. The van der Waals surface area contributed by atoms with E-state index >= 15 is 0 Å². The maximum atomic E-state index is 12.0. The summed E-state index contributed by atoms with van der Waals surface area (Å²) < 4.78 is 6.72. The maximum absolute atomic E-state index is 12.0. The molecule has 0 fully saturated rings. The number of nitrogens with zero attached hydrogens (tertiary/aromatic N) is 3. The van der Waals surface area contributed by atoms with Crippen molar-refractivity contribution in [1.82, 2.24) is 14.8 Å².